The van der Waals surface area contributed by atoms with E-state index >= 15 is 0 Å². The van der Waals surface area contributed by atoms with Crippen molar-refractivity contribution in [3.63, 3.8) is 0 Å². The van der Waals surface area contributed by atoms with Gasteiger partial charge in [0.2, 0.25) is 10.0 Å². The number of hydrogen-bond acceptors (Lipinski definition) is 3. The molecule has 0 unspecified atom stereocenters. The fourth-order valence-electron chi connectivity index (χ4n) is 1.10. The summed E-state index contributed by atoms with van der Waals surface area (Å²) in [5.74, 6) is -0.975. The van der Waals surface area contributed by atoms with Crippen molar-refractivity contribution in [1.82, 2.24) is 0 Å². The average molecular weight is 262 g/mol. The molecule has 1 rings (SSSR count). The number of thiocarbonyl (C=S) groups is 1. The largest absolute Gasteiger partial charge is 0.392 e. The number of nitrogens with two attached hydrogens (primary N) is 1. The zero-order valence-electron chi connectivity index (χ0n) is 8.53. The minimum atomic E-state index is -3.66. The van der Waals surface area contributed by atoms with Gasteiger partial charge in [0.1, 0.15) is 11.6 Å². The van der Waals surface area contributed by atoms with Gasteiger partial charge in [0.15, 0.2) is 0 Å². The van der Waals surface area contributed by atoms with Crippen LogP contribution >= 0.6 is 12.2 Å². The lowest BCUT2D eigenvalue weighted by atomic mass is 10.2. The quantitative estimate of drug-likeness (QED) is 0.799. The highest BCUT2D eigenvalue weighted by Crippen LogP contribution is 2.17. The van der Waals surface area contributed by atoms with Crippen molar-refractivity contribution in [1.29, 1.82) is 0 Å². The van der Waals surface area contributed by atoms with Crippen molar-refractivity contribution in [3.8, 4) is 0 Å². The molecular weight excluding hydrogens is 251 g/mol. The highest BCUT2D eigenvalue weighted by molar-refractivity contribution is 7.95. The lowest BCUT2D eigenvalue weighted by Gasteiger charge is -2.09. The molecule has 88 valence electrons. The van der Waals surface area contributed by atoms with Crippen LogP contribution in [0.3, 0.4) is 0 Å². The average Bonchev–Trinajstić information content (AvgIpc) is 2.08. The van der Waals surface area contributed by atoms with E-state index in [2.05, 4.69) is 16.9 Å². The molecule has 0 radical (unpaired) electrons. The molecule has 0 aromatic heterocycles. The van der Waals surface area contributed by atoms with E-state index < -0.39 is 21.6 Å². The molecular formula is C9H11FN2O2S2. The fourth-order valence-corrected chi connectivity index (χ4v) is 2.56. The second kappa shape index (κ2) is 4.75. The standard InChI is InChI=1S/C9H11FN2O2S2/c1-6-2-3-7(10)4-8(6)12-16(13,14)5-9(11)15/h2-4,12H,5H2,1H3,(H2,11,15). The molecule has 1 aromatic carbocycles. The SMILES string of the molecule is Cc1ccc(F)cc1NS(=O)(=O)CC(N)=S. The number of aryl methyl sites for hydroxylation is 1. The summed E-state index contributed by atoms with van der Waals surface area (Å²) < 4.78 is 38.1. The Morgan fingerprint density at radius 1 is 1.56 bits per heavy atom. The van der Waals surface area contributed by atoms with Crippen LogP contribution in [0.15, 0.2) is 18.2 Å². The molecule has 0 saturated carbocycles. The van der Waals surface area contributed by atoms with Gasteiger partial charge >= 0.3 is 0 Å². The van der Waals surface area contributed by atoms with Crippen molar-refractivity contribution in [3.05, 3.63) is 29.6 Å². The molecule has 0 heterocycles. The van der Waals surface area contributed by atoms with Crippen LogP contribution in [-0.2, 0) is 10.0 Å². The van der Waals surface area contributed by atoms with Crippen LogP contribution in [0.25, 0.3) is 0 Å². The molecule has 0 atom stereocenters. The number of hydrogen-bond donors (Lipinski definition) is 2. The molecule has 0 aliphatic rings. The first-order valence-corrected chi connectivity index (χ1v) is 6.41. The fraction of sp³-hybridized carbons (Fsp3) is 0.222. The normalized spacial score (nSPS) is 11.1. The summed E-state index contributed by atoms with van der Waals surface area (Å²) in [6.45, 7) is 1.66. The minimum absolute atomic E-state index is 0.137. The third-order valence-electron chi connectivity index (χ3n) is 1.80. The summed E-state index contributed by atoms with van der Waals surface area (Å²) in [5, 5.41) is 0. The first-order valence-electron chi connectivity index (χ1n) is 4.35. The Labute approximate surface area is 98.7 Å². The van der Waals surface area contributed by atoms with Crippen LogP contribution in [0.1, 0.15) is 5.56 Å². The van der Waals surface area contributed by atoms with Crippen molar-refractivity contribution < 1.29 is 12.8 Å². The number of halogens is 1. The Kier molecular flexibility index (Phi) is 3.82. The maximum Gasteiger partial charge on any atom is 0.239 e. The second-order valence-corrected chi connectivity index (χ2v) is 5.53. The van der Waals surface area contributed by atoms with Crippen LogP contribution in [-0.4, -0.2) is 19.2 Å². The highest BCUT2D eigenvalue weighted by atomic mass is 32.2. The lowest BCUT2D eigenvalue weighted by molar-refractivity contribution is 0.604. The van der Waals surface area contributed by atoms with Gasteiger partial charge in [0, 0.05) is 0 Å². The van der Waals surface area contributed by atoms with Gasteiger partial charge in [0.25, 0.3) is 0 Å². The van der Waals surface area contributed by atoms with E-state index in [1.54, 1.807) is 6.92 Å². The topological polar surface area (TPSA) is 72.2 Å². The number of benzene rings is 1. The molecule has 0 aliphatic carbocycles. The molecule has 16 heavy (non-hydrogen) atoms. The third kappa shape index (κ3) is 3.74. The number of nitrogens with one attached hydrogen (secondary N) is 1. The zero-order valence-corrected chi connectivity index (χ0v) is 10.2. The van der Waals surface area contributed by atoms with E-state index in [9.17, 15) is 12.8 Å². The van der Waals surface area contributed by atoms with E-state index in [0.717, 1.165) is 6.07 Å². The van der Waals surface area contributed by atoms with Gasteiger partial charge in [-0.25, -0.2) is 12.8 Å². The van der Waals surface area contributed by atoms with Crippen molar-refractivity contribution in [2.45, 2.75) is 6.92 Å². The highest BCUT2D eigenvalue weighted by Gasteiger charge is 2.13. The van der Waals surface area contributed by atoms with Gasteiger partial charge in [-0.15, -0.1) is 0 Å². The van der Waals surface area contributed by atoms with Gasteiger partial charge < -0.3 is 5.73 Å². The molecule has 0 amide bonds. The summed E-state index contributed by atoms with van der Waals surface area (Å²) in [6, 6.07) is 3.83. The van der Waals surface area contributed by atoms with E-state index in [4.69, 9.17) is 5.73 Å². The Morgan fingerprint density at radius 2 is 2.19 bits per heavy atom. The lowest BCUT2D eigenvalue weighted by Crippen LogP contribution is -2.26. The summed E-state index contributed by atoms with van der Waals surface area (Å²) >= 11 is 4.50. The van der Waals surface area contributed by atoms with Crippen LogP contribution in [0, 0.1) is 12.7 Å². The summed E-state index contributed by atoms with van der Waals surface area (Å²) in [6.07, 6.45) is 0. The van der Waals surface area contributed by atoms with Crippen molar-refractivity contribution in [2.24, 2.45) is 5.73 Å². The van der Waals surface area contributed by atoms with Gasteiger partial charge in [-0.2, -0.15) is 0 Å². The Morgan fingerprint density at radius 3 is 2.75 bits per heavy atom. The van der Waals surface area contributed by atoms with Crippen LogP contribution in [0.2, 0.25) is 0 Å². The van der Waals surface area contributed by atoms with Gasteiger partial charge in [-0.3, -0.25) is 4.72 Å². The molecule has 0 bridgehead atoms. The molecule has 7 heteroatoms. The monoisotopic (exact) mass is 262 g/mol. The van der Waals surface area contributed by atoms with Gasteiger partial charge in [-0.1, -0.05) is 18.3 Å². The molecule has 0 fully saturated rings. The number of sulfonamides is 1. The molecule has 1 aromatic rings. The van der Waals surface area contributed by atoms with E-state index in [1.807, 2.05) is 0 Å². The predicted octanol–water partition coefficient (Wildman–Crippen LogP) is 1.16. The molecule has 0 spiro atoms. The van der Waals surface area contributed by atoms with Crippen LogP contribution in [0.4, 0.5) is 10.1 Å². The van der Waals surface area contributed by atoms with Crippen LogP contribution < -0.4 is 10.5 Å². The number of rotatable bonds is 4. The summed E-state index contributed by atoms with van der Waals surface area (Å²) in [4.78, 5) is -0.137. The molecule has 0 aliphatic heterocycles. The van der Waals surface area contributed by atoms with Crippen molar-refractivity contribution >= 4 is 32.9 Å². The Hall–Kier alpha value is -1.21. The zero-order chi connectivity index (χ0) is 12.3. The van der Waals surface area contributed by atoms with Crippen LogP contribution in [0.5, 0.6) is 0 Å². The third-order valence-corrected chi connectivity index (χ3v) is 3.35. The molecule has 3 N–H and O–H groups in total. The first kappa shape index (κ1) is 12.9. The Bertz CT molecular complexity index is 514. The maximum absolute atomic E-state index is 12.9. The maximum atomic E-state index is 12.9. The van der Waals surface area contributed by atoms with E-state index in [0.29, 0.717) is 5.56 Å². The second-order valence-electron chi connectivity index (χ2n) is 3.29. The van der Waals surface area contributed by atoms with E-state index in [1.165, 1.54) is 12.1 Å². The predicted molar refractivity (Wildman–Crippen MR) is 65.3 cm³/mol. The van der Waals surface area contributed by atoms with Gasteiger partial charge in [0.05, 0.1) is 10.7 Å². The Balaban J connectivity index is 2.96. The number of anilines is 1. The summed E-state index contributed by atoms with van der Waals surface area (Å²) in [5.41, 5.74) is 5.95. The van der Waals surface area contributed by atoms with Gasteiger partial charge in [-0.05, 0) is 24.6 Å². The molecule has 4 nitrogen and oxygen atoms in total. The smallest absolute Gasteiger partial charge is 0.239 e. The molecule has 0 saturated heterocycles. The minimum Gasteiger partial charge on any atom is -0.392 e. The first-order chi connectivity index (χ1) is 7.30. The van der Waals surface area contributed by atoms with E-state index in [-0.39, 0.29) is 10.7 Å². The van der Waals surface area contributed by atoms with Crippen molar-refractivity contribution in [2.75, 3.05) is 10.5 Å². The summed E-state index contributed by atoms with van der Waals surface area (Å²) in [7, 11) is -3.66.